The minimum Gasteiger partial charge on any atom is -0.444 e. The number of ether oxygens (including phenoxy) is 1. The zero-order valence-electron chi connectivity index (χ0n) is 11.9. The summed E-state index contributed by atoms with van der Waals surface area (Å²) in [6, 6.07) is 2.09. The number of rotatable bonds is 1. The van der Waals surface area contributed by atoms with Gasteiger partial charge in [0.05, 0.1) is 6.04 Å². The minimum atomic E-state index is -0.459. The summed E-state index contributed by atoms with van der Waals surface area (Å²) in [6.45, 7) is 7.02. The Bertz CT molecular complexity index is 496. The zero-order chi connectivity index (χ0) is 14.9. The van der Waals surface area contributed by atoms with E-state index < -0.39 is 5.60 Å². The Morgan fingerprint density at radius 1 is 1.45 bits per heavy atom. The Morgan fingerprint density at radius 3 is 2.70 bits per heavy atom. The first-order chi connectivity index (χ1) is 9.26. The van der Waals surface area contributed by atoms with Crippen molar-refractivity contribution in [2.45, 2.75) is 45.3 Å². The first kappa shape index (κ1) is 15.8. The number of carbonyl (C=O) groups is 1. The SMILES string of the molecule is CC(C)(C)OC(=O)N1CCCC(n2nc(Br)cc2Br)C1. The molecule has 0 N–H and O–H groups in total. The van der Waals surface area contributed by atoms with Gasteiger partial charge in [-0.3, -0.25) is 4.68 Å². The lowest BCUT2D eigenvalue weighted by atomic mass is 10.1. The summed E-state index contributed by atoms with van der Waals surface area (Å²) in [5.74, 6) is 0. The predicted octanol–water partition coefficient (Wildman–Crippen LogP) is 3.98. The van der Waals surface area contributed by atoms with Crippen LogP contribution in [0.5, 0.6) is 0 Å². The van der Waals surface area contributed by atoms with Gasteiger partial charge < -0.3 is 9.64 Å². The normalized spacial score (nSPS) is 20.1. The molecular formula is C13H19Br2N3O2. The highest BCUT2D eigenvalue weighted by Crippen LogP contribution is 2.27. The van der Waals surface area contributed by atoms with Gasteiger partial charge in [-0.15, -0.1) is 0 Å². The Morgan fingerprint density at radius 2 is 2.15 bits per heavy atom. The molecule has 1 amide bonds. The third-order valence-electron chi connectivity index (χ3n) is 3.05. The van der Waals surface area contributed by atoms with Crippen molar-refractivity contribution < 1.29 is 9.53 Å². The quantitative estimate of drug-likeness (QED) is 0.705. The molecular weight excluding hydrogens is 390 g/mol. The van der Waals surface area contributed by atoms with Crippen LogP contribution < -0.4 is 0 Å². The molecule has 5 nitrogen and oxygen atoms in total. The van der Waals surface area contributed by atoms with Gasteiger partial charge >= 0.3 is 6.09 Å². The molecule has 1 atom stereocenters. The highest BCUT2D eigenvalue weighted by molar-refractivity contribution is 9.11. The highest BCUT2D eigenvalue weighted by Gasteiger charge is 2.29. The number of amides is 1. The first-order valence-corrected chi connectivity index (χ1v) is 8.23. The topological polar surface area (TPSA) is 47.4 Å². The van der Waals surface area contributed by atoms with Crippen molar-refractivity contribution >= 4 is 38.0 Å². The van der Waals surface area contributed by atoms with Crippen molar-refractivity contribution in [2.75, 3.05) is 13.1 Å². The maximum absolute atomic E-state index is 12.1. The smallest absolute Gasteiger partial charge is 0.410 e. The summed E-state index contributed by atoms with van der Waals surface area (Å²) in [6.07, 6.45) is 1.71. The lowest BCUT2D eigenvalue weighted by molar-refractivity contribution is 0.0166. The number of hydrogen-bond donors (Lipinski definition) is 0. The van der Waals surface area contributed by atoms with E-state index in [0.717, 1.165) is 28.6 Å². The molecule has 112 valence electrons. The van der Waals surface area contributed by atoms with Crippen LogP contribution in [0.3, 0.4) is 0 Å². The second kappa shape index (κ2) is 6.05. The molecule has 2 rings (SSSR count). The summed E-state index contributed by atoms with van der Waals surface area (Å²) in [4.78, 5) is 13.9. The predicted molar refractivity (Wildman–Crippen MR) is 83.7 cm³/mol. The third-order valence-corrected chi connectivity index (χ3v) is 4.03. The van der Waals surface area contributed by atoms with Crippen LogP contribution in [-0.2, 0) is 4.74 Å². The van der Waals surface area contributed by atoms with E-state index in [1.165, 1.54) is 0 Å². The van der Waals surface area contributed by atoms with Gasteiger partial charge in [0.15, 0.2) is 0 Å². The third kappa shape index (κ3) is 3.97. The molecule has 7 heteroatoms. The second-order valence-electron chi connectivity index (χ2n) is 5.96. The van der Waals surface area contributed by atoms with Gasteiger partial charge in [0.2, 0.25) is 0 Å². The fourth-order valence-corrected chi connectivity index (χ4v) is 3.53. The van der Waals surface area contributed by atoms with E-state index >= 15 is 0 Å². The van der Waals surface area contributed by atoms with Crippen molar-refractivity contribution in [1.29, 1.82) is 0 Å². The maximum Gasteiger partial charge on any atom is 0.410 e. The molecule has 0 spiro atoms. The lowest BCUT2D eigenvalue weighted by Gasteiger charge is -2.34. The molecule has 0 saturated carbocycles. The van der Waals surface area contributed by atoms with Crippen molar-refractivity contribution in [1.82, 2.24) is 14.7 Å². The van der Waals surface area contributed by atoms with E-state index in [0.29, 0.717) is 6.54 Å². The fourth-order valence-electron chi connectivity index (χ4n) is 2.25. The molecule has 1 fully saturated rings. The maximum atomic E-state index is 12.1. The molecule has 0 radical (unpaired) electrons. The van der Waals surface area contributed by atoms with E-state index in [1.807, 2.05) is 31.5 Å². The second-order valence-corrected chi connectivity index (χ2v) is 7.58. The van der Waals surface area contributed by atoms with Crippen LogP contribution in [0.15, 0.2) is 15.3 Å². The number of nitrogens with zero attached hydrogens (tertiary/aromatic N) is 3. The van der Waals surface area contributed by atoms with Gasteiger partial charge in [-0.25, -0.2) is 4.79 Å². The van der Waals surface area contributed by atoms with Crippen molar-refractivity contribution in [3.63, 3.8) is 0 Å². The van der Waals surface area contributed by atoms with Crippen LogP contribution in [0.4, 0.5) is 4.79 Å². The molecule has 0 aromatic carbocycles. The average Bonchev–Trinajstić information content (AvgIpc) is 2.66. The Labute approximate surface area is 135 Å². The number of carbonyl (C=O) groups excluding carboxylic acids is 1. The van der Waals surface area contributed by atoms with Gasteiger partial charge in [-0.05, 0) is 65.5 Å². The standard InChI is InChI=1S/C13H19Br2N3O2/c1-13(2,3)20-12(19)17-6-4-5-9(8-17)18-11(15)7-10(14)16-18/h7,9H,4-6,8H2,1-3H3. The first-order valence-electron chi connectivity index (χ1n) is 6.65. The van der Waals surface area contributed by atoms with Gasteiger partial charge in [0.1, 0.15) is 14.8 Å². The van der Waals surface area contributed by atoms with Crippen molar-refractivity contribution in [3.05, 3.63) is 15.3 Å². The van der Waals surface area contributed by atoms with Crippen LogP contribution in [0.1, 0.15) is 39.7 Å². The van der Waals surface area contributed by atoms with Crippen molar-refractivity contribution in [3.8, 4) is 0 Å². The number of aromatic nitrogens is 2. The number of piperidine rings is 1. The van der Waals surface area contributed by atoms with Gasteiger partial charge in [-0.1, -0.05) is 0 Å². The fraction of sp³-hybridized carbons (Fsp3) is 0.692. The molecule has 1 aromatic heterocycles. The Kier molecular flexibility index (Phi) is 4.79. The van der Waals surface area contributed by atoms with Gasteiger partial charge in [-0.2, -0.15) is 5.10 Å². The van der Waals surface area contributed by atoms with E-state index in [1.54, 1.807) is 4.90 Å². The largest absolute Gasteiger partial charge is 0.444 e. The zero-order valence-corrected chi connectivity index (χ0v) is 15.1. The van der Waals surface area contributed by atoms with Crippen LogP contribution in [0, 0.1) is 0 Å². The van der Waals surface area contributed by atoms with Crippen LogP contribution in [0.25, 0.3) is 0 Å². The van der Waals surface area contributed by atoms with E-state index in [2.05, 4.69) is 37.0 Å². The molecule has 20 heavy (non-hydrogen) atoms. The van der Waals surface area contributed by atoms with E-state index in [-0.39, 0.29) is 12.1 Å². The summed E-state index contributed by atoms with van der Waals surface area (Å²) in [7, 11) is 0. The highest BCUT2D eigenvalue weighted by atomic mass is 79.9. The molecule has 1 unspecified atom stereocenters. The summed E-state index contributed by atoms with van der Waals surface area (Å²) < 4.78 is 9.06. The Hall–Kier alpha value is -0.560. The summed E-state index contributed by atoms with van der Waals surface area (Å²) >= 11 is 6.86. The molecule has 1 aliphatic heterocycles. The number of halogens is 2. The molecule has 0 aliphatic carbocycles. The Balaban J connectivity index is 2.05. The van der Waals surface area contributed by atoms with E-state index in [4.69, 9.17) is 4.74 Å². The van der Waals surface area contributed by atoms with Gasteiger partial charge in [0, 0.05) is 19.2 Å². The van der Waals surface area contributed by atoms with Gasteiger partial charge in [0.25, 0.3) is 0 Å². The molecule has 1 aliphatic rings. The molecule has 1 aromatic rings. The number of hydrogen-bond acceptors (Lipinski definition) is 3. The lowest BCUT2D eigenvalue weighted by Crippen LogP contribution is -2.43. The molecule has 0 bridgehead atoms. The summed E-state index contributed by atoms with van der Waals surface area (Å²) in [5, 5.41) is 4.41. The van der Waals surface area contributed by atoms with Crippen LogP contribution in [-0.4, -0.2) is 39.5 Å². The van der Waals surface area contributed by atoms with E-state index in [9.17, 15) is 4.79 Å². The van der Waals surface area contributed by atoms with Crippen LogP contribution in [0.2, 0.25) is 0 Å². The van der Waals surface area contributed by atoms with Crippen molar-refractivity contribution in [2.24, 2.45) is 0 Å². The van der Waals surface area contributed by atoms with Crippen LogP contribution >= 0.6 is 31.9 Å². The molecule has 1 saturated heterocycles. The summed E-state index contributed by atoms with van der Waals surface area (Å²) in [5.41, 5.74) is -0.459. The number of likely N-dealkylation sites (tertiary alicyclic amines) is 1. The average molecular weight is 409 g/mol. The molecule has 2 heterocycles. The minimum absolute atomic E-state index is 0.178. The monoisotopic (exact) mass is 407 g/mol.